The molecule has 192 valence electrons. The molecular weight excluding hydrogens is 456 g/mol. The third-order valence-electron chi connectivity index (χ3n) is 8.39. The molecule has 0 aromatic heterocycles. The average Bonchev–Trinajstić information content (AvgIpc) is 3.26. The lowest BCUT2D eigenvalue weighted by Crippen LogP contribution is -2.54. The van der Waals surface area contributed by atoms with Gasteiger partial charge in [-0.3, -0.25) is 4.79 Å². The summed E-state index contributed by atoms with van der Waals surface area (Å²) in [5, 5.41) is 3.53. The number of anilines is 1. The van der Waals surface area contributed by atoms with Gasteiger partial charge in [0.1, 0.15) is 5.41 Å². The number of likely N-dealkylation sites (tertiary alicyclic amines) is 1. The van der Waals surface area contributed by atoms with Gasteiger partial charge in [-0.2, -0.15) is 0 Å². The van der Waals surface area contributed by atoms with Crippen molar-refractivity contribution in [2.45, 2.75) is 30.2 Å². The smallest absolute Gasteiger partial charge is 0.237 e. The summed E-state index contributed by atoms with van der Waals surface area (Å²) in [7, 11) is 3.73. The van der Waals surface area contributed by atoms with Crippen LogP contribution in [0.3, 0.4) is 0 Å². The van der Waals surface area contributed by atoms with Crippen LogP contribution in [0.2, 0.25) is 0 Å². The molecule has 3 aromatic carbocycles. The summed E-state index contributed by atoms with van der Waals surface area (Å²) < 4.78 is 0. The van der Waals surface area contributed by atoms with E-state index in [0.29, 0.717) is 0 Å². The highest BCUT2D eigenvalue weighted by molar-refractivity contribution is 5.92. The molecule has 1 N–H and O–H groups in total. The molecule has 0 unspecified atom stereocenters. The van der Waals surface area contributed by atoms with Gasteiger partial charge in [0.2, 0.25) is 5.91 Å². The van der Waals surface area contributed by atoms with Gasteiger partial charge in [0.15, 0.2) is 0 Å². The number of nitrogens with one attached hydrogen (secondary N) is 1. The maximum Gasteiger partial charge on any atom is 0.237 e. The Kier molecular flexibility index (Phi) is 7.07. The van der Waals surface area contributed by atoms with Gasteiger partial charge in [-0.25, -0.2) is 0 Å². The van der Waals surface area contributed by atoms with Crippen LogP contribution in [0.4, 0.5) is 5.69 Å². The van der Waals surface area contributed by atoms with Crippen molar-refractivity contribution in [3.63, 3.8) is 0 Å². The third-order valence-corrected chi connectivity index (χ3v) is 8.39. The summed E-state index contributed by atoms with van der Waals surface area (Å²) in [6.07, 6.45) is 2.75. The first-order valence-corrected chi connectivity index (χ1v) is 13.3. The van der Waals surface area contributed by atoms with Crippen LogP contribution in [0.1, 0.15) is 30.4 Å². The number of carbonyl (C=O) groups excluding carboxylic acids is 1. The van der Waals surface area contributed by atoms with Crippen molar-refractivity contribution in [3.05, 3.63) is 114 Å². The monoisotopic (exact) mass is 494 g/mol. The Bertz CT molecular complexity index is 1160. The average molecular weight is 495 g/mol. The molecule has 5 rings (SSSR count). The van der Waals surface area contributed by atoms with E-state index in [2.05, 4.69) is 76.3 Å². The highest BCUT2D eigenvalue weighted by atomic mass is 16.2. The summed E-state index contributed by atoms with van der Waals surface area (Å²) in [4.78, 5) is 20.7. The first-order valence-electron chi connectivity index (χ1n) is 13.3. The summed E-state index contributed by atoms with van der Waals surface area (Å²) in [5.74, 6) is 0.127. The topological polar surface area (TPSA) is 38.8 Å². The Balaban J connectivity index is 1.39. The fourth-order valence-corrected chi connectivity index (χ4v) is 6.28. The largest absolute Gasteiger partial charge is 0.370 e. The van der Waals surface area contributed by atoms with E-state index in [1.165, 1.54) is 5.69 Å². The Morgan fingerprint density at radius 2 is 1.41 bits per heavy atom. The molecule has 2 fully saturated rings. The lowest BCUT2D eigenvalue weighted by molar-refractivity contribution is -0.133. The number of likely N-dealkylation sites (N-methyl/N-ethyl adjacent to an activating group) is 1. The fraction of sp³-hybridized carbons (Fsp3) is 0.344. The van der Waals surface area contributed by atoms with Crippen molar-refractivity contribution in [3.8, 4) is 0 Å². The van der Waals surface area contributed by atoms with Gasteiger partial charge in [-0.15, -0.1) is 0 Å². The van der Waals surface area contributed by atoms with Crippen molar-refractivity contribution in [2.24, 2.45) is 0 Å². The van der Waals surface area contributed by atoms with Crippen LogP contribution in [0.25, 0.3) is 0 Å². The van der Waals surface area contributed by atoms with Gasteiger partial charge in [-0.1, -0.05) is 85.4 Å². The molecule has 0 saturated carbocycles. The minimum atomic E-state index is -0.726. The molecular formula is C32H38N4O. The maximum atomic E-state index is 14.0. The Morgan fingerprint density at radius 3 is 1.92 bits per heavy atom. The zero-order valence-electron chi connectivity index (χ0n) is 22.1. The van der Waals surface area contributed by atoms with E-state index >= 15 is 0 Å². The van der Waals surface area contributed by atoms with Crippen LogP contribution in [0.15, 0.2) is 103 Å². The molecule has 5 heteroatoms. The SMILES string of the molecule is C=C1NCN(c2ccccc2)C12CCN(CCC(C(=O)N(C)C)(c1ccccc1)c1ccccc1)CC2. The van der Waals surface area contributed by atoms with Crippen molar-refractivity contribution in [1.29, 1.82) is 0 Å². The number of nitrogens with zero attached hydrogens (tertiary/aromatic N) is 3. The standard InChI is InChI=1S/C32H38N4O/c1-26-31(36(25-33-26)29-17-11-6-12-18-29)19-22-35(23-20-31)24-21-32(30(37)34(2)3,27-13-7-4-8-14-27)28-15-9-5-10-16-28/h4-18,33H,1,19-25H2,2-3H3. The molecule has 2 aliphatic heterocycles. The fourth-order valence-electron chi connectivity index (χ4n) is 6.28. The second-order valence-corrected chi connectivity index (χ2v) is 10.5. The first kappa shape index (κ1) is 25.1. The molecule has 0 aliphatic carbocycles. The molecule has 1 amide bonds. The van der Waals surface area contributed by atoms with E-state index in [0.717, 1.165) is 62.4 Å². The van der Waals surface area contributed by atoms with Crippen LogP contribution in [-0.4, -0.2) is 61.6 Å². The Hall–Kier alpha value is -3.57. The second kappa shape index (κ2) is 10.4. The zero-order valence-corrected chi connectivity index (χ0v) is 22.1. The summed E-state index contributed by atoms with van der Waals surface area (Å²) in [5.41, 5.74) is 3.68. The van der Waals surface area contributed by atoms with Crippen LogP contribution in [-0.2, 0) is 10.2 Å². The number of hydrogen-bond acceptors (Lipinski definition) is 4. The number of amides is 1. The van der Waals surface area contributed by atoms with E-state index in [1.807, 2.05) is 50.5 Å². The minimum Gasteiger partial charge on any atom is -0.370 e. The summed E-state index contributed by atoms with van der Waals surface area (Å²) in [6, 6.07) is 31.3. The van der Waals surface area contributed by atoms with Gasteiger partial charge >= 0.3 is 0 Å². The van der Waals surface area contributed by atoms with Crippen molar-refractivity contribution >= 4 is 11.6 Å². The number of benzene rings is 3. The van der Waals surface area contributed by atoms with Crippen molar-refractivity contribution < 1.29 is 4.79 Å². The molecule has 37 heavy (non-hydrogen) atoms. The van der Waals surface area contributed by atoms with Crippen LogP contribution < -0.4 is 10.2 Å². The van der Waals surface area contributed by atoms with E-state index in [9.17, 15) is 4.79 Å². The van der Waals surface area contributed by atoms with Gasteiger partial charge in [0.25, 0.3) is 0 Å². The second-order valence-electron chi connectivity index (χ2n) is 10.5. The molecule has 0 radical (unpaired) electrons. The predicted molar refractivity (Wildman–Crippen MR) is 151 cm³/mol. The van der Waals surface area contributed by atoms with Crippen LogP contribution in [0.5, 0.6) is 0 Å². The Labute approximate surface area is 221 Å². The molecule has 2 saturated heterocycles. The van der Waals surface area contributed by atoms with Gasteiger partial charge in [0.05, 0.1) is 12.2 Å². The van der Waals surface area contributed by atoms with Crippen LogP contribution in [0, 0.1) is 0 Å². The third kappa shape index (κ3) is 4.53. The lowest BCUT2D eigenvalue weighted by Gasteiger charge is -2.46. The molecule has 0 atom stereocenters. The highest BCUT2D eigenvalue weighted by Crippen LogP contribution is 2.42. The van der Waals surface area contributed by atoms with Gasteiger partial charge in [-0.05, 0) is 49.1 Å². The van der Waals surface area contributed by atoms with Crippen molar-refractivity contribution in [2.75, 3.05) is 45.3 Å². The summed E-state index contributed by atoms with van der Waals surface area (Å²) >= 11 is 0. The minimum absolute atomic E-state index is 0.0622. The lowest BCUT2D eigenvalue weighted by atomic mass is 9.70. The first-order chi connectivity index (χ1) is 18.0. The van der Waals surface area contributed by atoms with E-state index in [1.54, 1.807) is 4.90 Å². The quantitative estimate of drug-likeness (QED) is 0.509. The maximum absolute atomic E-state index is 14.0. The van der Waals surface area contributed by atoms with Gasteiger partial charge < -0.3 is 20.0 Å². The molecule has 3 aromatic rings. The molecule has 5 nitrogen and oxygen atoms in total. The van der Waals surface area contributed by atoms with E-state index in [-0.39, 0.29) is 11.4 Å². The van der Waals surface area contributed by atoms with E-state index < -0.39 is 5.41 Å². The molecule has 1 spiro atoms. The number of piperidine rings is 1. The normalized spacial score (nSPS) is 17.6. The number of para-hydroxylation sites is 1. The van der Waals surface area contributed by atoms with E-state index in [4.69, 9.17) is 0 Å². The van der Waals surface area contributed by atoms with Crippen molar-refractivity contribution in [1.82, 2.24) is 15.1 Å². The molecule has 2 aliphatic rings. The number of rotatable bonds is 7. The predicted octanol–water partition coefficient (Wildman–Crippen LogP) is 4.87. The molecule has 0 bridgehead atoms. The van der Waals surface area contributed by atoms with Crippen LogP contribution >= 0.6 is 0 Å². The summed E-state index contributed by atoms with van der Waals surface area (Å²) in [6.45, 7) is 8.01. The highest BCUT2D eigenvalue weighted by Gasteiger charge is 2.47. The Morgan fingerprint density at radius 1 is 0.892 bits per heavy atom. The number of carbonyl (C=O) groups is 1. The molecule has 2 heterocycles. The number of hydrogen-bond donors (Lipinski definition) is 1. The van der Waals surface area contributed by atoms with Gasteiger partial charge in [0, 0.05) is 38.6 Å². The zero-order chi connectivity index (χ0) is 25.9.